The summed E-state index contributed by atoms with van der Waals surface area (Å²) in [5.74, 6) is 0.913. The molecule has 0 unspecified atom stereocenters. The van der Waals surface area contributed by atoms with Gasteiger partial charge in [-0.1, -0.05) is 48.9 Å². The smallest absolute Gasteiger partial charge is 0.119 e. The van der Waals surface area contributed by atoms with Crippen LogP contribution in [0.2, 0.25) is 0 Å². The maximum Gasteiger partial charge on any atom is 0.119 e. The minimum atomic E-state index is 0.608. The Labute approximate surface area is 140 Å². The third-order valence-corrected chi connectivity index (χ3v) is 3.66. The largest absolute Gasteiger partial charge is 0.489 e. The van der Waals surface area contributed by atoms with Gasteiger partial charge in [-0.2, -0.15) is 0 Å². The summed E-state index contributed by atoms with van der Waals surface area (Å²) in [4.78, 5) is 2.40. The van der Waals surface area contributed by atoms with Gasteiger partial charge in [0.2, 0.25) is 0 Å². The van der Waals surface area contributed by atoms with Crippen LogP contribution in [0, 0.1) is 0 Å². The second kappa shape index (κ2) is 9.04. The third-order valence-electron chi connectivity index (χ3n) is 3.66. The Morgan fingerprint density at radius 2 is 1.70 bits per heavy atom. The molecule has 0 aliphatic rings. The van der Waals surface area contributed by atoms with Gasteiger partial charge < -0.3 is 9.64 Å². The van der Waals surface area contributed by atoms with Gasteiger partial charge in [0.05, 0.1) is 0 Å². The molecular formula is C21H27NO. The molecule has 23 heavy (non-hydrogen) atoms. The molecule has 2 nitrogen and oxygen atoms in total. The van der Waals surface area contributed by atoms with Gasteiger partial charge in [0.25, 0.3) is 0 Å². The second-order valence-electron chi connectivity index (χ2n) is 6.00. The first-order chi connectivity index (χ1) is 11.2. The van der Waals surface area contributed by atoms with Crippen molar-refractivity contribution >= 4 is 5.69 Å². The molecule has 0 radical (unpaired) electrons. The van der Waals surface area contributed by atoms with Crippen molar-refractivity contribution in [2.75, 3.05) is 18.0 Å². The molecular weight excluding hydrogens is 282 g/mol. The maximum absolute atomic E-state index is 5.85. The SMILES string of the molecule is CCCN(CC=C(C)C)c1ccc(OCc2ccccc2)cc1. The van der Waals surface area contributed by atoms with Crippen molar-refractivity contribution in [1.29, 1.82) is 0 Å². The van der Waals surface area contributed by atoms with E-state index in [9.17, 15) is 0 Å². The highest BCUT2D eigenvalue weighted by Gasteiger charge is 2.04. The fourth-order valence-electron chi connectivity index (χ4n) is 2.38. The van der Waals surface area contributed by atoms with Gasteiger partial charge in [0, 0.05) is 18.8 Å². The van der Waals surface area contributed by atoms with E-state index in [1.54, 1.807) is 0 Å². The van der Waals surface area contributed by atoms with Gasteiger partial charge in [-0.25, -0.2) is 0 Å². The van der Waals surface area contributed by atoms with Crippen LogP contribution >= 0.6 is 0 Å². The van der Waals surface area contributed by atoms with Gasteiger partial charge in [-0.3, -0.25) is 0 Å². The van der Waals surface area contributed by atoms with Crippen LogP contribution in [0.1, 0.15) is 32.8 Å². The van der Waals surface area contributed by atoms with Gasteiger partial charge in [0.15, 0.2) is 0 Å². The zero-order valence-electron chi connectivity index (χ0n) is 14.5. The molecule has 0 atom stereocenters. The zero-order valence-corrected chi connectivity index (χ0v) is 14.5. The van der Waals surface area contributed by atoms with Crippen LogP contribution in [0.25, 0.3) is 0 Å². The third kappa shape index (κ3) is 5.82. The van der Waals surface area contributed by atoms with Crippen LogP contribution in [0.3, 0.4) is 0 Å². The fraction of sp³-hybridized carbons (Fsp3) is 0.333. The van der Waals surface area contributed by atoms with E-state index >= 15 is 0 Å². The number of hydrogen-bond donors (Lipinski definition) is 0. The summed E-state index contributed by atoms with van der Waals surface area (Å²) in [7, 11) is 0. The number of allylic oxidation sites excluding steroid dienone is 1. The standard InChI is InChI=1S/C21H27NO/c1-4-15-22(16-14-18(2)3)20-10-12-21(13-11-20)23-17-19-8-6-5-7-9-19/h5-14H,4,15-17H2,1-3H3. The lowest BCUT2D eigenvalue weighted by atomic mass is 10.2. The molecule has 0 saturated carbocycles. The highest BCUT2D eigenvalue weighted by molar-refractivity contribution is 5.49. The number of rotatable bonds is 8. The van der Waals surface area contributed by atoms with Crippen LogP contribution in [-0.4, -0.2) is 13.1 Å². The molecule has 0 aromatic heterocycles. The highest BCUT2D eigenvalue weighted by Crippen LogP contribution is 2.21. The van der Waals surface area contributed by atoms with Crippen molar-refractivity contribution in [1.82, 2.24) is 0 Å². The van der Waals surface area contributed by atoms with E-state index in [0.29, 0.717) is 6.61 Å². The van der Waals surface area contributed by atoms with Crippen molar-refractivity contribution in [3.8, 4) is 5.75 Å². The molecule has 0 aliphatic heterocycles. The molecule has 0 heterocycles. The van der Waals surface area contributed by atoms with Crippen molar-refractivity contribution < 1.29 is 4.74 Å². The predicted molar refractivity (Wildman–Crippen MR) is 99.2 cm³/mol. The number of anilines is 1. The Hall–Kier alpha value is -2.22. The van der Waals surface area contributed by atoms with E-state index in [1.807, 2.05) is 18.2 Å². The van der Waals surface area contributed by atoms with E-state index in [2.05, 4.69) is 68.1 Å². The van der Waals surface area contributed by atoms with Crippen LogP contribution in [0.5, 0.6) is 5.75 Å². The van der Waals surface area contributed by atoms with Crippen molar-refractivity contribution in [3.05, 3.63) is 71.8 Å². The lowest BCUT2D eigenvalue weighted by Crippen LogP contribution is -2.24. The molecule has 0 spiro atoms. The van der Waals surface area contributed by atoms with E-state index in [4.69, 9.17) is 4.74 Å². The quantitative estimate of drug-likeness (QED) is 0.601. The number of nitrogens with zero attached hydrogens (tertiary/aromatic N) is 1. The molecule has 2 aromatic rings. The molecule has 0 fully saturated rings. The van der Waals surface area contributed by atoms with Gasteiger partial charge in [-0.05, 0) is 50.1 Å². The van der Waals surface area contributed by atoms with E-state index in [0.717, 1.165) is 25.3 Å². The van der Waals surface area contributed by atoms with E-state index in [-0.39, 0.29) is 0 Å². The summed E-state index contributed by atoms with van der Waals surface area (Å²) in [6.07, 6.45) is 3.42. The number of ether oxygens (including phenoxy) is 1. The summed E-state index contributed by atoms with van der Waals surface area (Å²) in [6, 6.07) is 18.7. The minimum Gasteiger partial charge on any atom is -0.489 e. The van der Waals surface area contributed by atoms with Crippen LogP contribution in [0.15, 0.2) is 66.2 Å². The topological polar surface area (TPSA) is 12.5 Å². The number of hydrogen-bond acceptors (Lipinski definition) is 2. The summed E-state index contributed by atoms with van der Waals surface area (Å²) in [6.45, 7) is 9.13. The highest BCUT2D eigenvalue weighted by atomic mass is 16.5. The number of benzene rings is 2. The summed E-state index contributed by atoms with van der Waals surface area (Å²) >= 11 is 0. The van der Waals surface area contributed by atoms with E-state index < -0.39 is 0 Å². The van der Waals surface area contributed by atoms with Gasteiger partial charge in [0.1, 0.15) is 12.4 Å². The first kappa shape index (κ1) is 17.1. The van der Waals surface area contributed by atoms with Crippen molar-refractivity contribution in [2.45, 2.75) is 33.8 Å². The molecule has 2 heteroatoms. The predicted octanol–water partition coefficient (Wildman–Crippen LogP) is 5.45. The molecule has 0 aliphatic carbocycles. The molecule has 0 N–H and O–H groups in total. The molecule has 122 valence electrons. The average molecular weight is 309 g/mol. The molecule has 0 saturated heterocycles. The molecule has 2 rings (SSSR count). The minimum absolute atomic E-state index is 0.608. The zero-order chi connectivity index (χ0) is 16.5. The van der Waals surface area contributed by atoms with Gasteiger partial charge in [-0.15, -0.1) is 0 Å². The summed E-state index contributed by atoms with van der Waals surface area (Å²) in [5.41, 5.74) is 3.79. The summed E-state index contributed by atoms with van der Waals surface area (Å²) in [5, 5.41) is 0. The Bertz CT molecular complexity index is 597. The lowest BCUT2D eigenvalue weighted by Gasteiger charge is -2.23. The Balaban J connectivity index is 1.97. The first-order valence-corrected chi connectivity index (χ1v) is 8.34. The Kier molecular flexibility index (Phi) is 6.74. The van der Waals surface area contributed by atoms with Crippen LogP contribution in [0.4, 0.5) is 5.69 Å². The first-order valence-electron chi connectivity index (χ1n) is 8.34. The second-order valence-corrected chi connectivity index (χ2v) is 6.00. The average Bonchev–Trinajstić information content (AvgIpc) is 2.58. The normalized spacial score (nSPS) is 10.2. The molecule has 2 aromatic carbocycles. The molecule has 0 bridgehead atoms. The Morgan fingerprint density at radius 3 is 2.30 bits per heavy atom. The van der Waals surface area contributed by atoms with E-state index in [1.165, 1.54) is 16.8 Å². The fourth-order valence-corrected chi connectivity index (χ4v) is 2.38. The van der Waals surface area contributed by atoms with Crippen LogP contribution in [-0.2, 0) is 6.61 Å². The lowest BCUT2D eigenvalue weighted by molar-refractivity contribution is 0.306. The monoisotopic (exact) mass is 309 g/mol. The van der Waals surface area contributed by atoms with Gasteiger partial charge >= 0.3 is 0 Å². The van der Waals surface area contributed by atoms with Crippen molar-refractivity contribution in [2.24, 2.45) is 0 Å². The van der Waals surface area contributed by atoms with Crippen LogP contribution < -0.4 is 9.64 Å². The maximum atomic E-state index is 5.85. The van der Waals surface area contributed by atoms with Crippen molar-refractivity contribution in [3.63, 3.8) is 0 Å². The summed E-state index contributed by atoms with van der Waals surface area (Å²) < 4.78 is 5.85. The molecule has 0 amide bonds. The Morgan fingerprint density at radius 1 is 1.00 bits per heavy atom.